The molecule has 0 bridgehead atoms. The third kappa shape index (κ3) is 1.65. The van der Waals surface area contributed by atoms with Gasteiger partial charge in [-0.25, -0.2) is 0 Å². The fourth-order valence-corrected chi connectivity index (χ4v) is 2.42. The van der Waals surface area contributed by atoms with E-state index in [1.54, 1.807) is 12.1 Å². The lowest BCUT2D eigenvalue weighted by molar-refractivity contribution is -0.141. The van der Waals surface area contributed by atoms with Crippen LogP contribution in [0.5, 0.6) is 5.75 Å². The van der Waals surface area contributed by atoms with E-state index in [1.807, 2.05) is 0 Å². The predicted molar refractivity (Wildman–Crippen MR) is 61.1 cm³/mol. The molecule has 0 fully saturated rings. The second-order valence-electron chi connectivity index (χ2n) is 3.46. The third-order valence-electron chi connectivity index (χ3n) is 2.59. The van der Waals surface area contributed by atoms with Crippen molar-refractivity contribution in [3.05, 3.63) is 28.8 Å². The lowest BCUT2D eigenvalue weighted by Gasteiger charge is -2.32. The van der Waals surface area contributed by atoms with Gasteiger partial charge in [-0.1, -0.05) is 11.6 Å². The van der Waals surface area contributed by atoms with Crippen molar-refractivity contribution in [2.45, 2.75) is 11.2 Å². The monoisotopic (exact) mass is 260 g/mol. The van der Waals surface area contributed by atoms with Crippen LogP contribution in [0.15, 0.2) is 18.2 Å². The highest BCUT2D eigenvalue weighted by Crippen LogP contribution is 2.46. The first kappa shape index (κ1) is 11.6. The van der Waals surface area contributed by atoms with Gasteiger partial charge in [0.25, 0.3) is 0 Å². The standard InChI is InChI=1S/C10H9ClO4S/c11-6-1-2-8-7(5-6)10(16-14,9(12)13)3-4-15-8/h1-2,5,14H,3-4H2,(H,12,13)/t10-/m0/s1. The smallest absolute Gasteiger partial charge is 0.327 e. The molecular weight excluding hydrogens is 252 g/mol. The van der Waals surface area contributed by atoms with Gasteiger partial charge in [0.1, 0.15) is 5.75 Å². The third-order valence-corrected chi connectivity index (χ3v) is 3.74. The van der Waals surface area contributed by atoms with Crippen molar-refractivity contribution in [2.75, 3.05) is 6.61 Å². The van der Waals surface area contributed by atoms with Crippen LogP contribution >= 0.6 is 23.6 Å². The molecule has 0 spiro atoms. The lowest BCUT2D eigenvalue weighted by atomic mass is 9.92. The summed E-state index contributed by atoms with van der Waals surface area (Å²) < 4.78 is 13.2. The van der Waals surface area contributed by atoms with Gasteiger partial charge in [-0.05, 0) is 18.2 Å². The molecule has 0 saturated heterocycles. The van der Waals surface area contributed by atoms with Crippen molar-refractivity contribution in [3.63, 3.8) is 0 Å². The summed E-state index contributed by atoms with van der Waals surface area (Å²) in [6, 6.07) is 4.76. The summed E-state index contributed by atoms with van der Waals surface area (Å²) in [7, 11) is 0. The maximum atomic E-state index is 11.3. The first-order valence-corrected chi connectivity index (χ1v) is 5.74. The van der Waals surface area contributed by atoms with Crippen molar-refractivity contribution >= 4 is 29.6 Å². The van der Waals surface area contributed by atoms with Crippen LogP contribution in [0.3, 0.4) is 0 Å². The van der Waals surface area contributed by atoms with Gasteiger partial charge in [0.15, 0.2) is 4.75 Å². The molecule has 0 radical (unpaired) electrons. The molecule has 4 nitrogen and oxygen atoms in total. The molecule has 1 aromatic rings. The highest BCUT2D eigenvalue weighted by atomic mass is 35.5. The molecule has 1 aliphatic heterocycles. The van der Waals surface area contributed by atoms with Crippen LogP contribution in [-0.2, 0) is 9.54 Å². The molecule has 1 atom stereocenters. The molecular formula is C10H9ClO4S. The van der Waals surface area contributed by atoms with Crippen LogP contribution in [0, 0.1) is 0 Å². The molecule has 86 valence electrons. The van der Waals surface area contributed by atoms with Crippen LogP contribution in [0.4, 0.5) is 0 Å². The maximum absolute atomic E-state index is 11.3. The molecule has 16 heavy (non-hydrogen) atoms. The zero-order valence-electron chi connectivity index (χ0n) is 8.14. The van der Waals surface area contributed by atoms with Crippen molar-refractivity contribution in [3.8, 4) is 5.75 Å². The molecule has 2 rings (SSSR count). The van der Waals surface area contributed by atoms with Crippen LogP contribution in [0.1, 0.15) is 12.0 Å². The molecule has 6 heteroatoms. The van der Waals surface area contributed by atoms with Crippen LogP contribution in [0.2, 0.25) is 5.02 Å². The van der Waals surface area contributed by atoms with E-state index in [4.69, 9.17) is 16.3 Å². The summed E-state index contributed by atoms with van der Waals surface area (Å²) >= 11 is 6.14. The number of fused-ring (bicyclic) bond motifs is 1. The van der Waals surface area contributed by atoms with Gasteiger partial charge in [-0.15, -0.1) is 0 Å². The topological polar surface area (TPSA) is 66.8 Å². The van der Waals surface area contributed by atoms with E-state index in [9.17, 15) is 14.5 Å². The normalized spacial score (nSPS) is 23.4. The number of carboxylic acids is 1. The Bertz CT molecular complexity index is 437. The van der Waals surface area contributed by atoms with Gasteiger partial charge in [-0.3, -0.25) is 4.79 Å². The van der Waals surface area contributed by atoms with E-state index in [0.717, 1.165) is 0 Å². The van der Waals surface area contributed by atoms with Crippen LogP contribution in [0.25, 0.3) is 0 Å². The molecule has 0 aromatic heterocycles. The Kier molecular flexibility index (Phi) is 3.01. The molecule has 0 amide bonds. The van der Waals surface area contributed by atoms with Gasteiger partial charge in [0, 0.05) is 29.0 Å². The van der Waals surface area contributed by atoms with Crippen molar-refractivity contribution < 1.29 is 19.2 Å². The van der Waals surface area contributed by atoms with Crippen LogP contribution < -0.4 is 4.74 Å². The molecule has 0 aliphatic carbocycles. The predicted octanol–water partition coefficient (Wildman–Crippen LogP) is 2.61. The molecule has 2 N–H and O–H groups in total. The number of carboxylic acid groups (broad SMARTS) is 1. The number of benzene rings is 1. The lowest BCUT2D eigenvalue weighted by Crippen LogP contribution is -2.37. The first-order chi connectivity index (χ1) is 7.60. The second-order valence-corrected chi connectivity index (χ2v) is 4.78. The van der Waals surface area contributed by atoms with Gasteiger partial charge in [-0.2, -0.15) is 0 Å². The number of carbonyl (C=O) groups is 1. The minimum Gasteiger partial charge on any atom is -0.493 e. The van der Waals surface area contributed by atoms with Crippen molar-refractivity contribution in [1.82, 2.24) is 0 Å². The van der Waals surface area contributed by atoms with E-state index in [-0.39, 0.29) is 13.0 Å². The average Bonchev–Trinajstić information content (AvgIpc) is 2.27. The minimum atomic E-state index is -1.38. The Hall–Kier alpha value is -0.910. The summed E-state index contributed by atoms with van der Waals surface area (Å²) in [6.07, 6.45) is 0.205. The van der Waals surface area contributed by atoms with Crippen LogP contribution in [-0.4, -0.2) is 22.2 Å². The summed E-state index contributed by atoms with van der Waals surface area (Å²) in [5.74, 6) is -0.633. The Morgan fingerprint density at radius 2 is 2.31 bits per heavy atom. The Morgan fingerprint density at radius 1 is 1.56 bits per heavy atom. The van der Waals surface area contributed by atoms with Crippen molar-refractivity contribution in [1.29, 1.82) is 0 Å². The molecule has 1 aromatic carbocycles. The van der Waals surface area contributed by atoms with Crippen molar-refractivity contribution in [2.24, 2.45) is 0 Å². The summed E-state index contributed by atoms with van der Waals surface area (Å²) in [4.78, 5) is 11.3. The van der Waals surface area contributed by atoms with E-state index < -0.39 is 10.7 Å². The van der Waals surface area contributed by atoms with E-state index in [0.29, 0.717) is 28.4 Å². The van der Waals surface area contributed by atoms with Gasteiger partial charge < -0.3 is 14.4 Å². The highest BCUT2D eigenvalue weighted by Gasteiger charge is 2.46. The zero-order chi connectivity index (χ0) is 11.8. The molecule has 0 unspecified atom stereocenters. The number of hydrogen-bond donors (Lipinski definition) is 2. The Labute approximate surface area is 101 Å². The molecule has 1 aliphatic rings. The van der Waals surface area contributed by atoms with E-state index >= 15 is 0 Å². The van der Waals surface area contributed by atoms with Gasteiger partial charge in [0.05, 0.1) is 6.61 Å². The second kappa shape index (κ2) is 4.16. The Morgan fingerprint density at radius 3 is 2.94 bits per heavy atom. The quantitative estimate of drug-likeness (QED) is 0.800. The highest BCUT2D eigenvalue weighted by molar-refractivity contribution is 7.95. The fourth-order valence-electron chi connectivity index (χ4n) is 1.74. The molecule has 0 saturated carbocycles. The minimum absolute atomic E-state index is 0.205. The average molecular weight is 261 g/mol. The number of rotatable bonds is 2. The number of aliphatic carboxylic acids is 1. The van der Waals surface area contributed by atoms with Gasteiger partial charge >= 0.3 is 5.97 Å². The first-order valence-electron chi connectivity index (χ1n) is 4.59. The van der Waals surface area contributed by atoms with E-state index in [2.05, 4.69) is 0 Å². The van der Waals surface area contributed by atoms with E-state index in [1.165, 1.54) is 6.07 Å². The number of ether oxygens (including phenoxy) is 1. The number of hydrogen-bond acceptors (Lipinski definition) is 4. The fraction of sp³-hybridized carbons (Fsp3) is 0.300. The maximum Gasteiger partial charge on any atom is 0.327 e. The molecule has 1 heterocycles. The Balaban J connectivity index is 2.61. The largest absolute Gasteiger partial charge is 0.493 e. The summed E-state index contributed by atoms with van der Waals surface area (Å²) in [5, 5.41) is 9.67. The SMILES string of the molecule is O=C(O)[C@]1(SO)CCOc2ccc(Cl)cc21. The van der Waals surface area contributed by atoms with Gasteiger partial charge in [0.2, 0.25) is 0 Å². The summed E-state index contributed by atoms with van der Waals surface area (Å²) in [6.45, 7) is 0.258. The zero-order valence-corrected chi connectivity index (χ0v) is 9.72. The summed E-state index contributed by atoms with van der Waals surface area (Å²) in [5.41, 5.74) is 0.409. The number of halogens is 1.